The van der Waals surface area contributed by atoms with Crippen LogP contribution in [-0.4, -0.2) is 18.5 Å². The zero-order valence-corrected chi connectivity index (χ0v) is 16.2. The highest BCUT2D eigenvalue weighted by Gasteiger charge is 2.09. The summed E-state index contributed by atoms with van der Waals surface area (Å²) >= 11 is 0. The van der Waals surface area contributed by atoms with Crippen LogP contribution < -0.4 is 4.74 Å². The Bertz CT molecular complexity index is 786. The molecule has 0 unspecified atom stereocenters. The monoisotopic (exact) mass is 366 g/mol. The van der Waals surface area contributed by atoms with Crippen molar-refractivity contribution in [3.63, 3.8) is 0 Å². The quantitative estimate of drug-likeness (QED) is 0.287. The summed E-state index contributed by atoms with van der Waals surface area (Å²) in [5, 5.41) is 0. The van der Waals surface area contributed by atoms with Gasteiger partial charge in [-0.1, -0.05) is 56.8 Å². The van der Waals surface area contributed by atoms with Gasteiger partial charge in [0.2, 0.25) is 0 Å². The van der Waals surface area contributed by atoms with E-state index < -0.39 is 0 Å². The van der Waals surface area contributed by atoms with E-state index in [-0.39, 0.29) is 17.9 Å². The summed E-state index contributed by atoms with van der Waals surface area (Å²) in [6, 6.07) is 15.8. The van der Waals surface area contributed by atoms with Crippen LogP contribution in [0.2, 0.25) is 0 Å². The molecule has 2 aromatic rings. The third-order valence-corrected chi connectivity index (χ3v) is 4.02. The Morgan fingerprint density at radius 1 is 0.963 bits per heavy atom. The predicted molar refractivity (Wildman–Crippen MR) is 106 cm³/mol. The van der Waals surface area contributed by atoms with Gasteiger partial charge in [-0.15, -0.1) is 0 Å². The molecule has 2 aromatic carbocycles. The van der Waals surface area contributed by atoms with Crippen molar-refractivity contribution in [3.05, 3.63) is 66.2 Å². The predicted octanol–water partition coefficient (Wildman–Crippen LogP) is 4.97. The summed E-state index contributed by atoms with van der Waals surface area (Å²) in [6.07, 6.45) is 1.61. The molecule has 0 aliphatic carbocycles. The van der Waals surface area contributed by atoms with Crippen LogP contribution >= 0.6 is 0 Å². The SMILES string of the molecule is C=C(C)C(=O)OCCCc1ccc(-c2ccc(OC(=O)C(C)C)cc2)cc1. The average Bonchev–Trinajstić information content (AvgIpc) is 2.66. The fraction of sp³-hybridized carbons (Fsp3) is 0.304. The molecule has 0 saturated heterocycles. The molecule has 0 aliphatic heterocycles. The van der Waals surface area contributed by atoms with Crippen molar-refractivity contribution in [2.45, 2.75) is 33.6 Å². The van der Waals surface area contributed by atoms with Gasteiger partial charge < -0.3 is 9.47 Å². The van der Waals surface area contributed by atoms with E-state index in [0.717, 1.165) is 24.0 Å². The molecule has 0 aliphatic rings. The standard InChI is InChI=1S/C23H26O4/c1-16(2)22(24)26-15-5-6-18-7-9-19(10-8-18)20-11-13-21(14-12-20)27-23(25)17(3)4/h7-14,17H,1,5-6,15H2,2-4H3. The van der Waals surface area contributed by atoms with Crippen molar-refractivity contribution in [3.8, 4) is 16.9 Å². The molecule has 27 heavy (non-hydrogen) atoms. The lowest BCUT2D eigenvalue weighted by molar-refractivity contribution is -0.139. The minimum atomic E-state index is -0.340. The number of hydrogen-bond acceptors (Lipinski definition) is 4. The molecule has 0 fully saturated rings. The summed E-state index contributed by atoms with van der Waals surface area (Å²) in [6.45, 7) is 9.21. The van der Waals surface area contributed by atoms with Gasteiger partial charge in [0.15, 0.2) is 0 Å². The molecule has 0 aromatic heterocycles. The number of carbonyl (C=O) groups excluding carboxylic acids is 2. The molecule has 0 spiro atoms. The molecule has 0 N–H and O–H groups in total. The normalized spacial score (nSPS) is 10.5. The third kappa shape index (κ3) is 6.41. The molecule has 0 atom stereocenters. The summed E-state index contributed by atoms with van der Waals surface area (Å²) in [5.74, 6) is -0.172. The van der Waals surface area contributed by atoms with Crippen LogP contribution in [0.3, 0.4) is 0 Å². The van der Waals surface area contributed by atoms with Crippen molar-refractivity contribution in [1.82, 2.24) is 0 Å². The van der Waals surface area contributed by atoms with Crippen LogP contribution in [-0.2, 0) is 20.7 Å². The first-order chi connectivity index (χ1) is 12.9. The molecule has 0 radical (unpaired) electrons. The highest BCUT2D eigenvalue weighted by molar-refractivity contribution is 5.86. The van der Waals surface area contributed by atoms with E-state index in [2.05, 4.69) is 30.8 Å². The van der Waals surface area contributed by atoms with E-state index in [1.165, 1.54) is 5.56 Å². The zero-order chi connectivity index (χ0) is 19.8. The summed E-state index contributed by atoms with van der Waals surface area (Å²) in [4.78, 5) is 23.0. The van der Waals surface area contributed by atoms with Gasteiger partial charge in [0.05, 0.1) is 12.5 Å². The fourth-order valence-electron chi connectivity index (χ4n) is 2.38. The van der Waals surface area contributed by atoms with Gasteiger partial charge in [0, 0.05) is 5.57 Å². The van der Waals surface area contributed by atoms with Gasteiger partial charge in [-0.25, -0.2) is 4.79 Å². The zero-order valence-electron chi connectivity index (χ0n) is 16.2. The Morgan fingerprint density at radius 2 is 1.52 bits per heavy atom. The molecule has 0 saturated carbocycles. The number of ether oxygens (including phenoxy) is 2. The third-order valence-electron chi connectivity index (χ3n) is 4.02. The van der Waals surface area contributed by atoms with Crippen LogP contribution in [0, 0.1) is 5.92 Å². The molecule has 142 valence electrons. The molecule has 0 heterocycles. The minimum Gasteiger partial charge on any atom is -0.462 e. The maximum atomic E-state index is 11.6. The average molecular weight is 366 g/mol. The van der Waals surface area contributed by atoms with Gasteiger partial charge in [0.25, 0.3) is 0 Å². The second kappa shape index (κ2) is 9.72. The van der Waals surface area contributed by atoms with Gasteiger partial charge in [0.1, 0.15) is 5.75 Å². The van der Waals surface area contributed by atoms with Crippen molar-refractivity contribution < 1.29 is 19.1 Å². The van der Waals surface area contributed by atoms with Gasteiger partial charge >= 0.3 is 11.9 Å². The molecule has 0 amide bonds. The van der Waals surface area contributed by atoms with Crippen molar-refractivity contribution in [2.75, 3.05) is 6.61 Å². The number of benzene rings is 2. The lowest BCUT2D eigenvalue weighted by Gasteiger charge is -2.08. The molecule has 0 bridgehead atoms. The molecule has 2 rings (SSSR count). The lowest BCUT2D eigenvalue weighted by atomic mass is 10.0. The first kappa shape index (κ1) is 20.4. The summed E-state index contributed by atoms with van der Waals surface area (Å²) in [5.41, 5.74) is 3.76. The summed E-state index contributed by atoms with van der Waals surface area (Å²) in [7, 11) is 0. The maximum absolute atomic E-state index is 11.6. The van der Waals surface area contributed by atoms with Gasteiger partial charge in [-0.3, -0.25) is 4.79 Å². The first-order valence-electron chi connectivity index (χ1n) is 9.10. The number of hydrogen-bond donors (Lipinski definition) is 0. The van der Waals surface area contributed by atoms with Crippen LogP contribution in [0.5, 0.6) is 5.75 Å². The maximum Gasteiger partial charge on any atom is 0.333 e. The van der Waals surface area contributed by atoms with E-state index in [1.54, 1.807) is 19.1 Å². The topological polar surface area (TPSA) is 52.6 Å². The van der Waals surface area contributed by atoms with Crippen molar-refractivity contribution >= 4 is 11.9 Å². The summed E-state index contributed by atoms with van der Waals surface area (Å²) < 4.78 is 10.4. The molecular formula is C23H26O4. The van der Waals surface area contributed by atoms with Crippen LogP contribution in [0.4, 0.5) is 0 Å². The number of carbonyl (C=O) groups is 2. The van der Waals surface area contributed by atoms with E-state index in [9.17, 15) is 9.59 Å². The molecular weight excluding hydrogens is 340 g/mol. The number of rotatable bonds is 8. The van der Waals surface area contributed by atoms with Gasteiger partial charge in [-0.2, -0.15) is 0 Å². The smallest absolute Gasteiger partial charge is 0.333 e. The largest absolute Gasteiger partial charge is 0.462 e. The number of esters is 2. The van der Waals surface area contributed by atoms with Crippen LogP contribution in [0.15, 0.2) is 60.7 Å². The highest BCUT2D eigenvalue weighted by atomic mass is 16.5. The van der Waals surface area contributed by atoms with E-state index in [1.807, 2.05) is 26.0 Å². The fourth-order valence-corrected chi connectivity index (χ4v) is 2.38. The second-order valence-corrected chi connectivity index (χ2v) is 6.82. The Kier molecular flexibility index (Phi) is 7.35. The Balaban J connectivity index is 1.88. The van der Waals surface area contributed by atoms with Crippen LogP contribution in [0.1, 0.15) is 32.8 Å². The van der Waals surface area contributed by atoms with E-state index >= 15 is 0 Å². The number of aryl methyl sites for hydroxylation is 1. The van der Waals surface area contributed by atoms with Crippen molar-refractivity contribution in [2.24, 2.45) is 5.92 Å². The highest BCUT2D eigenvalue weighted by Crippen LogP contribution is 2.23. The Labute approximate surface area is 160 Å². The van der Waals surface area contributed by atoms with E-state index in [4.69, 9.17) is 9.47 Å². The van der Waals surface area contributed by atoms with Crippen LogP contribution in [0.25, 0.3) is 11.1 Å². The first-order valence-corrected chi connectivity index (χ1v) is 9.10. The van der Waals surface area contributed by atoms with Crippen molar-refractivity contribution in [1.29, 1.82) is 0 Å². The second-order valence-electron chi connectivity index (χ2n) is 6.82. The Hall–Kier alpha value is -2.88. The Morgan fingerprint density at radius 3 is 2.04 bits per heavy atom. The lowest BCUT2D eigenvalue weighted by Crippen LogP contribution is -2.14. The molecule has 4 heteroatoms. The van der Waals surface area contributed by atoms with E-state index in [0.29, 0.717) is 17.9 Å². The van der Waals surface area contributed by atoms with Gasteiger partial charge in [-0.05, 0) is 48.6 Å². The minimum absolute atomic E-state index is 0.151. The molecule has 4 nitrogen and oxygen atoms in total.